The Morgan fingerprint density at radius 1 is 1.29 bits per heavy atom. The lowest BCUT2D eigenvalue weighted by Gasteiger charge is -2.28. The SMILES string of the molecule is CN(CCc1ccccc1)C(CN)CC(=O)NC(C)(C)C. The maximum atomic E-state index is 12.0. The molecule has 0 saturated heterocycles. The molecule has 0 bridgehead atoms. The molecule has 118 valence electrons. The molecule has 1 aromatic carbocycles. The largest absolute Gasteiger partial charge is 0.351 e. The molecule has 0 spiro atoms. The van der Waals surface area contributed by atoms with Crippen LogP contribution in [0.5, 0.6) is 0 Å². The number of hydrogen-bond acceptors (Lipinski definition) is 3. The minimum absolute atomic E-state index is 0.0597. The van der Waals surface area contributed by atoms with Gasteiger partial charge in [-0.15, -0.1) is 0 Å². The standard InChI is InChI=1S/C17H29N3O/c1-17(2,3)19-16(21)12-15(13-18)20(4)11-10-14-8-6-5-7-9-14/h5-9,15H,10-13,18H2,1-4H3,(H,19,21). The van der Waals surface area contributed by atoms with Gasteiger partial charge in [0.15, 0.2) is 0 Å². The van der Waals surface area contributed by atoms with Gasteiger partial charge in [-0.05, 0) is 39.8 Å². The smallest absolute Gasteiger partial charge is 0.222 e. The Morgan fingerprint density at radius 3 is 2.43 bits per heavy atom. The van der Waals surface area contributed by atoms with Crippen molar-refractivity contribution in [2.24, 2.45) is 5.73 Å². The maximum absolute atomic E-state index is 12.0. The average Bonchev–Trinajstić information content (AvgIpc) is 2.41. The Labute approximate surface area is 128 Å². The van der Waals surface area contributed by atoms with Crippen LogP contribution < -0.4 is 11.1 Å². The molecule has 4 nitrogen and oxygen atoms in total. The molecule has 0 aliphatic heterocycles. The van der Waals surface area contributed by atoms with Crippen molar-refractivity contribution in [3.8, 4) is 0 Å². The van der Waals surface area contributed by atoms with Crippen molar-refractivity contribution >= 4 is 5.91 Å². The van der Waals surface area contributed by atoms with Gasteiger partial charge in [-0.1, -0.05) is 30.3 Å². The zero-order chi connectivity index (χ0) is 15.9. The highest BCUT2D eigenvalue weighted by atomic mass is 16.1. The van der Waals surface area contributed by atoms with E-state index in [2.05, 4.69) is 22.3 Å². The van der Waals surface area contributed by atoms with E-state index < -0.39 is 0 Å². The number of rotatable bonds is 7. The first-order valence-corrected chi connectivity index (χ1v) is 7.57. The van der Waals surface area contributed by atoms with Gasteiger partial charge in [0.1, 0.15) is 0 Å². The molecule has 4 heteroatoms. The second-order valence-electron chi connectivity index (χ2n) is 6.61. The van der Waals surface area contributed by atoms with Crippen molar-refractivity contribution in [2.75, 3.05) is 20.1 Å². The number of nitrogens with zero attached hydrogens (tertiary/aromatic N) is 1. The van der Waals surface area contributed by atoms with Gasteiger partial charge in [0.2, 0.25) is 5.91 Å². The van der Waals surface area contributed by atoms with Gasteiger partial charge in [-0.25, -0.2) is 0 Å². The van der Waals surface area contributed by atoms with Gasteiger partial charge in [-0.2, -0.15) is 0 Å². The van der Waals surface area contributed by atoms with E-state index in [1.807, 2.05) is 46.0 Å². The third kappa shape index (κ3) is 7.25. The molecule has 0 radical (unpaired) electrons. The lowest BCUT2D eigenvalue weighted by atomic mass is 10.1. The zero-order valence-electron chi connectivity index (χ0n) is 13.7. The van der Waals surface area contributed by atoms with Crippen molar-refractivity contribution in [1.82, 2.24) is 10.2 Å². The van der Waals surface area contributed by atoms with Gasteiger partial charge in [0, 0.05) is 31.1 Å². The first-order chi connectivity index (χ1) is 9.81. The number of benzene rings is 1. The van der Waals surface area contributed by atoms with Crippen LogP contribution in [0.4, 0.5) is 0 Å². The molecule has 1 atom stereocenters. The van der Waals surface area contributed by atoms with Gasteiger partial charge >= 0.3 is 0 Å². The molecule has 1 aromatic rings. The van der Waals surface area contributed by atoms with E-state index in [9.17, 15) is 4.79 Å². The van der Waals surface area contributed by atoms with Crippen LogP contribution in [-0.2, 0) is 11.2 Å². The summed E-state index contributed by atoms with van der Waals surface area (Å²) in [6.45, 7) is 7.35. The summed E-state index contributed by atoms with van der Waals surface area (Å²) in [7, 11) is 2.03. The molecular weight excluding hydrogens is 262 g/mol. The lowest BCUT2D eigenvalue weighted by Crippen LogP contribution is -2.46. The van der Waals surface area contributed by atoms with Crippen LogP contribution in [-0.4, -0.2) is 42.5 Å². The summed E-state index contributed by atoms with van der Waals surface area (Å²) < 4.78 is 0. The van der Waals surface area contributed by atoms with Crippen molar-refractivity contribution in [3.63, 3.8) is 0 Å². The van der Waals surface area contributed by atoms with Crippen LogP contribution in [0.25, 0.3) is 0 Å². The van der Waals surface area contributed by atoms with Crippen LogP contribution in [0.2, 0.25) is 0 Å². The van der Waals surface area contributed by atoms with Crippen LogP contribution in [0.15, 0.2) is 30.3 Å². The van der Waals surface area contributed by atoms with E-state index in [0.717, 1.165) is 13.0 Å². The van der Waals surface area contributed by atoms with Gasteiger partial charge in [0.05, 0.1) is 0 Å². The summed E-state index contributed by atoms with van der Waals surface area (Å²) in [6.07, 6.45) is 1.41. The molecule has 1 amide bonds. The minimum Gasteiger partial charge on any atom is -0.351 e. The molecule has 0 aliphatic carbocycles. The first-order valence-electron chi connectivity index (χ1n) is 7.57. The third-order valence-electron chi connectivity index (χ3n) is 3.43. The van der Waals surface area contributed by atoms with Gasteiger partial charge in [0.25, 0.3) is 0 Å². The predicted octanol–water partition coefficient (Wildman–Crippen LogP) is 1.79. The second-order valence-corrected chi connectivity index (χ2v) is 6.61. The highest BCUT2D eigenvalue weighted by Gasteiger charge is 2.20. The number of likely N-dealkylation sites (N-methyl/N-ethyl adjacent to an activating group) is 1. The van der Waals surface area contributed by atoms with Crippen molar-refractivity contribution in [2.45, 2.75) is 45.2 Å². The van der Waals surface area contributed by atoms with E-state index in [4.69, 9.17) is 5.73 Å². The van der Waals surface area contributed by atoms with Gasteiger partial charge < -0.3 is 16.0 Å². The van der Waals surface area contributed by atoms with Crippen molar-refractivity contribution < 1.29 is 4.79 Å². The number of nitrogens with two attached hydrogens (primary N) is 1. The fourth-order valence-electron chi connectivity index (χ4n) is 2.24. The zero-order valence-corrected chi connectivity index (χ0v) is 13.7. The summed E-state index contributed by atoms with van der Waals surface area (Å²) in [5, 5.41) is 2.99. The molecule has 0 fully saturated rings. The van der Waals surface area contributed by atoms with Gasteiger partial charge in [-0.3, -0.25) is 4.79 Å². The molecule has 3 N–H and O–H groups in total. The Kier molecular flexibility index (Phi) is 6.85. The lowest BCUT2D eigenvalue weighted by molar-refractivity contribution is -0.123. The molecule has 1 rings (SSSR count). The number of carbonyl (C=O) groups excluding carboxylic acids is 1. The number of carbonyl (C=O) groups is 1. The number of nitrogens with one attached hydrogen (secondary N) is 1. The normalized spacial score (nSPS) is 13.2. The summed E-state index contributed by atoms with van der Waals surface area (Å²) in [4.78, 5) is 14.2. The van der Waals surface area contributed by atoms with E-state index in [1.165, 1.54) is 5.56 Å². The number of amides is 1. The van der Waals surface area contributed by atoms with E-state index in [1.54, 1.807) is 0 Å². The highest BCUT2D eigenvalue weighted by molar-refractivity contribution is 5.77. The summed E-state index contributed by atoms with van der Waals surface area (Å²) in [5.74, 6) is 0.0597. The molecule has 0 aliphatic rings. The molecule has 1 unspecified atom stereocenters. The topological polar surface area (TPSA) is 58.4 Å². The fourth-order valence-corrected chi connectivity index (χ4v) is 2.24. The third-order valence-corrected chi connectivity index (χ3v) is 3.43. The minimum atomic E-state index is -0.196. The van der Waals surface area contributed by atoms with E-state index in [0.29, 0.717) is 13.0 Å². The molecular formula is C17H29N3O. The summed E-state index contributed by atoms with van der Waals surface area (Å²) in [5.41, 5.74) is 6.94. The van der Waals surface area contributed by atoms with Crippen LogP contribution in [0, 0.1) is 0 Å². The monoisotopic (exact) mass is 291 g/mol. The molecule has 0 saturated carbocycles. The van der Waals surface area contributed by atoms with E-state index >= 15 is 0 Å². The highest BCUT2D eigenvalue weighted by Crippen LogP contribution is 2.07. The Bertz CT molecular complexity index is 425. The Balaban J connectivity index is 2.45. The Morgan fingerprint density at radius 2 is 1.90 bits per heavy atom. The second kappa shape index (κ2) is 8.15. The first kappa shape index (κ1) is 17.7. The number of hydrogen-bond donors (Lipinski definition) is 2. The molecule has 0 heterocycles. The predicted molar refractivity (Wildman–Crippen MR) is 88.1 cm³/mol. The average molecular weight is 291 g/mol. The van der Waals surface area contributed by atoms with Crippen LogP contribution in [0.1, 0.15) is 32.8 Å². The maximum Gasteiger partial charge on any atom is 0.222 e. The molecule has 21 heavy (non-hydrogen) atoms. The van der Waals surface area contributed by atoms with Crippen molar-refractivity contribution in [1.29, 1.82) is 0 Å². The fraction of sp³-hybridized carbons (Fsp3) is 0.588. The van der Waals surface area contributed by atoms with Crippen LogP contribution >= 0.6 is 0 Å². The van der Waals surface area contributed by atoms with Crippen molar-refractivity contribution in [3.05, 3.63) is 35.9 Å². The quantitative estimate of drug-likeness (QED) is 0.805. The van der Waals surface area contributed by atoms with Crippen LogP contribution in [0.3, 0.4) is 0 Å². The summed E-state index contributed by atoms with van der Waals surface area (Å²) >= 11 is 0. The molecule has 0 aromatic heterocycles. The Hall–Kier alpha value is -1.39. The van der Waals surface area contributed by atoms with E-state index in [-0.39, 0.29) is 17.5 Å². The summed E-state index contributed by atoms with van der Waals surface area (Å²) in [6, 6.07) is 10.4.